The van der Waals surface area contributed by atoms with Crippen LogP contribution in [0.2, 0.25) is 0 Å². The molecule has 1 rings (SSSR count). The van der Waals surface area contributed by atoms with Gasteiger partial charge in [0.15, 0.2) is 0 Å². The molecule has 0 saturated carbocycles. The standard InChI is InChI=1S/C10H20F2N2O/c1-15-6-4-13-7-9-3-2-5-14(9)8-10(11)12/h9-10,13H,2-8H2,1H3. The zero-order chi connectivity index (χ0) is 11.1. The van der Waals surface area contributed by atoms with E-state index in [9.17, 15) is 8.78 Å². The van der Waals surface area contributed by atoms with E-state index in [1.807, 2.05) is 4.90 Å². The van der Waals surface area contributed by atoms with Gasteiger partial charge in [0, 0.05) is 26.2 Å². The first-order valence-electron chi connectivity index (χ1n) is 5.46. The maximum atomic E-state index is 12.2. The summed E-state index contributed by atoms with van der Waals surface area (Å²) >= 11 is 0. The fourth-order valence-corrected chi connectivity index (χ4v) is 1.99. The Morgan fingerprint density at radius 1 is 1.53 bits per heavy atom. The molecule has 3 nitrogen and oxygen atoms in total. The summed E-state index contributed by atoms with van der Waals surface area (Å²) in [7, 11) is 1.65. The first-order chi connectivity index (χ1) is 7.24. The van der Waals surface area contributed by atoms with Crippen molar-refractivity contribution in [1.29, 1.82) is 0 Å². The van der Waals surface area contributed by atoms with Crippen LogP contribution in [0.5, 0.6) is 0 Å². The maximum absolute atomic E-state index is 12.2. The second-order valence-corrected chi connectivity index (χ2v) is 3.88. The Labute approximate surface area is 89.8 Å². The molecule has 0 aliphatic carbocycles. The lowest BCUT2D eigenvalue weighted by Gasteiger charge is -2.24. The van der Waals surface area contributed by atoms with Crippen LogP contribution < -0.4 is 5.32 Å². The Hall–Kier alpha value is -0.260. The zero-order valence-electron chi connectivity index (χ0n) is 9.22. The van der Waals surface area contributed by atoms with Crippen LogP contribution in [0.15, 0.2) is 0 Å². The summed E-state index contributed by atoms with van der Waals surface area (Å²) in [5.41, 5.74) is 0. The van der Waals surface area contributed by atoms with Crippen molar-refractivity contribution >= 4 is 0 Å². The van der Waals surface area contributed by atoms with Gasteiger partial charge in [-0.1, -0.05) is 0 Å². The van der Waals surface area contributed by atoms with Crippen molar-refractivity contribution < 1.29 is 13.5 Å². The van der Waals surface area contributed by atoms with E-state index in [1.165, 1.54) is 0 Å². The smallest absolute Gasteiger partial charge is 0.251 e. The van der Waals surface area contributed by atoms with Crippen LogP contribution in [0.4, 0.5) is 8.78 Å². The number of methoxy groups -OCH3 is 1. The molecular formula is C10H20F2N2O. The SMILES string of the molecule is COCCNCC1CCCN1CC(F)F. The Bertz CT molecular complexity index is 170. The highest BCUT2D eigenvalue weighted by Crippen LogP contribution is 2.17. The van der Waals surface area contributed by atoms with E-state index in [0.717, 1.165) is 32.5 Å². The average molecular weight is 222 g/mol. The molecule has 5 heteroatoms. The van der Waals surface area contributed by atoms with E-state index in [0.29, 0.717) is 6.61 Å². The van der Waals surface area contributed by atoms with Gasteiger partial charge in [-0.25, -0.2) is 8.78 Å². The molecule has 0 spiro atoms. The summed E-state index contributed by atoms with van der Waals surface area (Å²) in [6, 6.07) is 0.274. The average Bonchev–Trinajstić information content (AvgIpc) is 2.59. The van der Waals surface area contributed by atoms with E-state index in [-0.39, 0.29) is 12.6 Å². The predicted molar refractivity (Wildman–Crippen MR) is 55.3 cm³/mol. The van der Waals surface area contributed by atoms with Crippen LogP contribution in [0.25, 0.3) is 0 Å². The number of halogens is 2. The first-order valence-corrected chi connectivity index (χ1v) is 5.46. The Balaban J connectivity index is 2.15. The van der Waals surface area contributed by atoms with E-state index in [4.69, 9.17) is 4.74 Å². The van der Waals surface area contributed by atoms with E-state index < -0.39 is 6.43 Å². The van der Waals surface area contributed by atoms with Gasteiger partial charge in [-0.15, -0.1) is 0 Å². The molecule has 0 radical (unpaired) electrons. The molecule has 1 unspecified atom stereocenters. The molecule has 15 heavy (non-hydrogen) atoms. The zero-order valence-corrected chi connectivity index (χ0v) is 9.22. The lowest BCUT2D eigenvalue weighted by Crippen LogP contribution is -2.41. The van der Waals surface area contributed by atoms with Crippen molar-refractivity contribution in [3.05, 3.63) is 0 Å². The molecule has 1 fully saturated rings. The largest absolute Gasteiger partial charge is 0.383 e. The molecule has 0 bridgehead atoms. The lowest BCUT2D eigenvalue weighted by atomic mass is 10.2. The molecule has 0 aromatic rings. The van der Waals surface area contributed by atoms with E-state index in [2.05, 4.69) is 5.32 Å². The quantitative estimate of drug-likeness (QED) is 0.649. The molecule has 0 amide bonds. The van der Waals surface area contributed by atoms with E-state index in [1.54, 1.807) is 7.11 Å². The monoisotopic (exact) mass is 222 g/mol. The van der Waals surface area contributed by atoms with Crippen LogP contribution in [0.1, 0.15) is 12.8 Å². The minimum absolute atomic E-state index is 0.0867. The molecule has 1 aliphatic heterocycles. The molecule has 0 aromatic carbocycles. The van der Waals surface area contributed by atoms with Gasteiger partial charge in [0.2, 0.25) is 0 Å². The van der Waals surface area contributed by atoms with Gasteiger partial charge in [-0.05, 0) is 19.4 Å². The molecule has 1 atom stereocenters. The summed E-state index contributed by atoms with van der Waals surface area (Å²) < 4.78 is 29.3. The normalized spacial score (nSPS) is 22.8. The van der Waals surface area contributed by atoms with E-state index >= 15 is 0 Å². The van der Waals surface area contributed by atoms with Crippen molar-refractivity contribution in [2.45, 2.75) is 25.3 Å². The fraction of sp³-hybridized carbons (Fsp3) is 1.00. The number of nitrogens with one attached hydrogen (secondary N) is 1. The molecule has 1 N–H and O–H groups in total. The van der Waals surface area contributed by atoms with Crippen LogP contribution >= 0.6 is 0 Å². The number of alkyl halides is 2. The minimum atomic E-state index is -2.22. The lowest BCUT2D eigenvalue weighted by molar-refractivity contribution is 0.0815. The topological polar surface area (TPSA) is 24.5 Å². The van der Waals surface area contributed by atoms with Gasteiger partial charge in [0.05, 0.1) is 13.2 Å². The third-order valence-corrected chi connectivity index (χ3v) is 2.73. The van der Waals surface area contributed by atoms with Gasteiger partial charge in [-0.2, -0.15) is 0 Å². The third kappa shape index (κ3) is 4.86. The molecule has 1 heterocycles. The summed E-state index contributed by atoms with van der Waals surface area (Å²) in [5.74, 6) is 0. The van der Waals surface area contributed by atoms with Gasteiger partial charge in [-0.3, -0.25) is 4.90 Å². The number of rotatable bonds is 7. The second-order valence-electron chi connectivity index (χ2n) is 3.88. The van der Waals surface area contributed by atoms with Gasteiger partial charge < -0.3 is 10.1 Å². The first kappa shape index (κ1) is 12.8. The summed E-state index contributed by atoms with van der Waals surface area (Å²) in [5, 5.41) is 3.22. The minimum Gasteiger partial charge on any atom is -0.383 e. The Morgan fingerprint density at radius 2 is 2.33 bits per heavy atom. The highest BCUT2D eigenvalue weighted by molar-refractivity contribution is 4.81. The number of hydrogen-bond acceptors (Lipinski definition) is 3. The van der Waals surface area contributed by atoms with Crippen LogP contribution in [0.3, 0.4) is 0 Å². The molecule has 1 saturated heterocycles. The summed E-state index contributed by atoms with van der Waals surface area (Å²) in [6.45, 7) is 2.96. The maximum Gasteiger partial charge on any atom is 0.251 e. The van der Waals surface area contributed by atoms with Crippen molar-refractivity contribution in [2.24, 2.45) is 0 Å². The number of hydrogen-bond donors (Lipinski definition) is 1. The molecule has 1 aliphatic rings. The Kier molecular flexibility index (Phi) is 6.05. The third-order valence-electron chi connectivity index (χ3n) is 2.73. The van der Waals surface area contributed by atoms with Crippen molar-refractivity contribution in [3.8, 4) is 0 Å². The van der Waals surface area contributed by atoms with Crippen LogP contribution in [-0.2, 0) is 4.74 Å². The Morgan fingerprint density at radius 3 is 3.00 bits per heavy atom. The second kappa shape index (κ2) is 7.09. The number of ether oxygens (including phenoxy) is 1. The fourth-order valence-electron chi connectivity index (χ4n) is 1.99. The van der Waals surface area contributed by atoms with Gasteiger partial charge in [0.1, 0.15) is 0 Å². The predicted octanol–water partition coefficient (Wildman–Crippen LogP) is 0.952. The van der Waals surface area contributed by atoms with Crippen LogP contribution in [0, 0.1) is 0 Å². The number of nitrogens with zero attached hydrogens (tertiary/aromatic N) is 1. The molecule has 90 valence electrons. The van der Waals surface area contributed by atoms with Gasteiger partial charge in [0.25, 0.3) is 6.43 Å². The highest BCUT2D eigenvalue weighted by atomic mass is 19.3. The summed E-state index contributed by atoms with van der Waals surface area (Å²) in [6.07, 6.45) is -0.166. The van der Waals surface area contributed by atoms with Crippen molar-refractivity contribution in [2.75, 3.05) is 39.9 Å². The van der Waals surface area contributed by atoms with Crippen LogP contribution in [-0.4, -0.2) is 57.3 Å². The highest BCUT2D eigenvalue weighted by Gasteiger charge is 2.25. The number of likely N-dealkylation sites (tertiary alicyclic amines) is 1. The van der Waals surface area contributed by atoms with Gasteiger partial charge >= 0.3 is 0 Å². The molecular weight excluding hydrogens is 202 g/mol. The van der Waals surface area contributed by atoms with Crippen molar-refractivity contribution in [3.63, 3.8) is 0 Å². The van der Waals surface area contributed by atoms with Crippen molar-refractivity contribution in [1.82, 2.24) is 10.2 Å². The molecule has 0 aromatic heterocycles. The summed E-state index contributed by atoms with van der Waals surface area (Å²) in [4.78, 5) is 1.88.